The highest BCUT2D eigenvalue weighted by Gasteiger charge is 2.20. The second-order valence-electron chi connectivity index (χ2n) is 5.38. The first-order chi connectivity index (χ1) is 14.3. The highest BCUT2D eigenvalue weighted by atomic mass is 35.5. The van der Waals surface area contributed by atoms with Crippen LogP contribution in [0.4, 0.5) is 10.7 Å². The van der Waals surface area contributed by atoms with Crippen molar-refractivity contribution in [1.29, 1.82) is 0 Å². The van der Waals surface area contributed by atoms with Crippen molar-refractivity contribution in [3.8, 4) is 17.1 Å². The Morgan fingerprint density at radius 1 is 1.17 bits per heavy atom. The van der Waals surface area contributed by atoms with Crippen molar-refractivity contribution < 1.29 is 17.4 Å². The van der Waals surface area contributed by atoms with E-state index in [4.69, 9.17) is 27.4 Å². The van der Waals surface area contributed by atoms with Crippen LogP contribution >= 0.6 is 35.0 Å². The molecule has 30 heavy (non-hydrogen) atoms. The Hall–Kier alpha value is -2.67. The number of thioether (sulfide) groups is 1. The van der Waals surface area contributed by atoms with Crippen molar-refractivity contribution in [2.24, 2.45) is 0 Å². The third-order valence-electron chi connectivity index (χ3n) is 3.25. The number of carbonyl (C=O) groups is 1. The Bertz CT molecular complexity index is 1180. The zero-order valence-electron chi connectivity index (χ0n) is 15.0. The van der Waals surface area contributed by atoms with Gasteiger partial charge in [-0.05, 0) is 36.6 Å². The number of nitrogens with one attached hydrogen (secondary N) is 2. The van der Waals surface area contributed by atoms with Crippen LogP contribution in [0.2, 0.25) is 10.0 Å². The first-order valence-electron chi connectivity index (χ1n) is 7.94. The van der Waals surface area contributed by atoms with Crippen molar-refractivity contribution in [3.05, 3.63) is 52.8 Å². The fourth-order valence-electron chi connectivity index (χ4n) is 2.05. The summed E-state index contributed by atoms with van der Waals surface area (Å²) in [5.74, 6) is -0.111. The lowest BCUT2D eigenvalue weighted by molar-refractivity contribution is 0.255. The number of halogens is 2. The van der Waals surface area contributed by atoms with Crippen molar-refractivity contribution in [1.82, 2.24) is 24.7 Å². The van der Waals surface area contributed by atoms with E-state index in [1.54, 1.807) is 29.3 Å². The molecule has 2 amide bonds. The van der Waals surface area contributed by atoms with E-state index in [9.17, 15) is 13.2 Å². The van der Waals surface area contributed by atoms with E-state index in [1.807, 2.05) is 0 Å². The average Bonchev–Trinajstić information content (AvgIpc) is 2.70. The molecule has 1 aromatic carbocycles. The van der Waals surface area contributed by atoms with Gasteiger partial charge in [0.1, 0.15) is 0 Å². The Morgan fingerprint density at radius 3 is 2.63 bits per heavy atom. The molecule has 0 saturated heterocycles. The molecule has 0 bridgehead atoms. The number of carbonyl (C=O) groups excluding carboxylic acids is 1. The van der Waals surface area contributed by atoms with Gasteiger partial charge in [-0.2, -0.15) is 18.4 Å². The molecule has 3 aromatic rings. The van der Waals surface area contributed by atoms with E-state index < -0.39 is 16.3 Å². The molecule has 10 nitrogen and oxygen atoms in total. The summed E-state index contributed by atoms with van der Waals surface area (Å²) in [6, 6.07) is 6.21. The number of rotatable bonds is 6. The van der Waals surface area contributed by atoms with Crippen LogP contribution < -0.4 is 14.2 Å². The lowest BCUT2D eigenvalue weighted by Crippen LogP contribution is -2.37. The van der Waals surface area contributed by atoms with Gasteiger partial charge in [0.2, 0.25) is 5.95 Å². The lowest BCUT2D eigenvalue weighted by Gasteiger charge is -2.10. The summed E-state index contributed by atoms with van der Waals surface area (Å²) in [5.41, 5.74) is 0.590. The number of aromatic nitrogens is 4. The van der Waals surface area contributed by atoms with E-state index in [0.29, 0.717) is 15.7 Å². The Morgan fingerprint density at radius 2 is 1.97 bits per heavy atom. The first kappa shape index (κ1) is 22.0. The zero-order chi connectivity index (χ0) is 21.7. The molecule has 14 heteroatoms. The van der Waals surface area contributed by atoms with Crippen LogP contribution in [0.15, 0.2) is 47.9 Å². The molecule has 0 radical (unpaired) electrons. The molecule has 0 aliphatic rings. The van der Waals surface area contributed by atoms with Crippen LogP contribution in [0.5, 0.6) is 5.75 Å². The van der Waals surface area contributed by atoms with Crippen molar-refractivity contribution in [2.45, 2.75) is 5.16 Å². The number of pyridine rings is 1. The topological polar surface area (TPSA) is 136 Å². The summed E-state index contributed by atoms with van der Waals surface area (Å²) in [7, 11) is -4.54. The van der Waals surface area contributed by atoms with E-state index in [0.717, 1.165) is 0 Å². The molecule has 2 N–H and O–H groups in total. The van der Waals surface area contributed by atoms with Gasteiger partial charge in [0.15, 0.2) is 16.7 Å². The number of urea groups is 1. The summed E-state index contributed by atoms with van der Waals surface area (Å²) in [4.78, 5) is 28.5. The number of hydrogen-bond acceptors (Lipinski definition) is 9. The molecule has 0 unspecified atom stereocenters. The Kier molecular flexibility index (Phi) is 6.92. The van der Waals surface area contributed by atoms with Crippen LogP contribution in [0.3, 0.4) is 0 Å². The average molecular weight is 487 g/mol. The van der Waals surface area contributed by atoms with Gasteiger partial charge in [-0.25, -0.2) is 14.5 Å². The molecule has 2 heterocycles. The lowest BCUT2D eigenvalue weighted by atomic mass is 10.3. The molecule has 0 atom stereocenters. The molecule has 0 saturated carbocycles. The standard InChI is InChI=1S/C16H12Cl2N6O4S2/c1-29-16-21-13(9-3-2-6-19-8-9)20-14(23-16)22-15(25)24-30(26,27)28-12-5-4-10(17)7-11(12)18/h2-8H,1H3,(H2,20,21,22,23,24,25). The van der Waals surface area contributed by atoms with Crippen LogP contribution in [-0.4, -0.2) is 40.6 Å². The predicted molar refractivity (Wildman–Crippen MR) is 113 cm³/mol. The fourth-order valence-corrected chi connectivity index (χ4v) is 3.60. The maximum absolute atomic E-state index is 12.1. The van der Waals surface area contributed by atoms with Crippen LogP contribution in [-0.2, 0) is 10.3 Å². The molecule has 0 aliphatic heterocycles. The first-order valence-corrected chi connectivity index (χ1v) is 11.3. The van der Waals surface area contributed by atoms with Crippen molar-refractivity contribution in [3.63, 3.8) is 0 Å². The minimum atomic E-state index is -4.54. The maximum Gasteiger partial charge on any atom is 0.411 e. The van der Waals surface area contributed by atoms with Gasteiger partial charge in [-0.3, -0.25) is 10.3 Å². The minimum absolute atomic E-state index is 0.0449. The normalized spacial score (nSPS) is 11.0. The third kappa shape index (κ3) is 5.92. The summed E-state index contributed by atoms with van der Waals surface area (Å²) >= 11 is 12.8. The molecular weight excluding hydrogens is 475 g/mol. The van der Waals surface area contributed by atoms with E-state index in [1.165, 1.54) is 36.2 Å². The summed E-state index contributed by atoms with van der Waals surface area (Å²) in [5, 5.41) is 2.79. The number of benzene rings is 1. The number of nitrogens with zero attached hydrogens (tertiary/aromatic N) is 4. The van der Waals surface area contributed by atoms with Gasteiger partial charge in [-0.1, -0.05) is 35.0 Å². The Balaban J connectivity index is 1.75. The van der Waals surface area contributed by atoms with E-state index >= 15 is 0 Å². The minimum Gasteiger partial charge on any atom is -0.365 e. The highest BCUT2D eigenvalue weighted by molar-refractivity contribution is 7.98. The van der Waals surface area contributed by atoms with Crippen molar-refractivity contribution >= 4 is 57.2 Å². The molecule has 0 aliphatic carbocycles. The SMILES string of the molecule is CSc1nc(NC(=O)NS(=O)(=O)Oc2ccc(Cl)cc2Cl)nc(-c2cccnc2)n1. The molecule has 156 valence electrons. The summed E-state index contributed by atoms with van der Waals surface area (Å²) in [6.07, 6.45) is 4.86. The van der Waals surface area contributed by atoms with Crippen LogP contribution in [0, 0.1) is 0 Å². The van der Waals surface area contributed by atoms with E-state index in [-0.39, 0.29) is 22.5 Å². The van der Waals surface area contributed by atoms with Gasteiger partial charge in [0.25, 0.3) is 0 Å². The molecule has 0 fully saturated rings. The number of amides is 2. The van der Waals surface area contributed by atoms with E-state index in [2.05, 4.69) is 25.3 Å². The monoisotopic (exact) mass is 486 g/mol. The highest BCUT2D eigenvalue weighted by Crippen LogP contribution is 2.28. The second kappa shape index (κ2) is 9.43. The van der Waals surface area contributed by atoms with Crippen LogP contribution in [0.25, 0.3) is 11.4 Å². The Labute approximate surface area is 185 Å². The second-order valence-corrected chi connectivity index (χ2v) is 8.28. The van der Waals surface area contributed by atoms with Crippen molar-refractivity contribution in [2.75, 3.05) is 11.6 Å². The molecule has 3 rings (SSSR count). The smallest absolute Gasteiger partial charge is 0.365 e. The van der Waals surface area contributed by atoms with Crippen LogP contribution in [0.1, 0.15) is 0 Å². The summed E-state index contributed by atoms with van der Waals surface area (Å²) in [6.45, 7) is 0. The van der Waals surface area contributed by atoms with Gasteiger partial charge < -0.3 is 4.18 Å². The maximum atomic E-state index is 12.1. The van der Waals surface area contributed by atoms with Gasteiger partial charge in [-0.15, -0.1) is 0 Å². The predicted octanol–water partition coefficient (Wildman–Crippen LogP) is 3.41. The molecule has 0 spiro atoms. The fraction of sp³-hybridized carbons (Fsp3) is 0.0625. The van der Waals surface area contributed by atoms with Gasteiger partial charge in [0.05, 0.1) is 5.02 Å². The summed E-state index contributed by atoms with van der Waals surface area (Å²) < 4.78 is 30.7. The van der Waals surface area contributed by atoms with Gasteiger partial charge >= 0.3 is 16.3 Å². The zero-order valence-corrected chi connectivity index (χ0v) is 18.2. The largest absolute Gasteiger partial charge is 0.411 e. The van der Waals surface area contributed by atoms with Gasteiger partial charge in [0, 0.05) is 23.0 Å². The molecular formula is C16H12Cl2N6O4S2. The quantitative estimate of drug-likeness (QED) is 0.501. The number of hydrogen-bond donors (Lipinski definition) is 2. The third-order valence-corrected chi connectivity index (χ3v) is 5.17. The molecule has 2 aromatic heterocycles. The number of anilines is 1.